The number of hydrogen-bond donors (Lipinski definition) is 1. The summed E-state index contributed by atoms with van der Waals surface area (Å²) in [5, 5.41) is 10.5. The van der Waals surface area contributed by atoms with Crippen molar-refractivity contribution in [1.29, 1.82) is 0 Å². The summed E-state index contributed by atoms with van der Waals surface area (Å²) in [6, 6.07) is 12.2. The third-order valence-electron chi connectivity index (χ3n) is 2.63. The van der Waals surface area contributed by atoms with Gasteiger partial charge in [0.25, 0.3) is 0 Å². The van der Waals surface area contributed by atoms with Gasteiger partial charge in [-0.1, -0.05) is 12.1 Å². The molecule has 0 unspecified atom stereocenters. The first-order valence-corrected chi connectivity index (χ1v) is 5.80. The van der Waals surface area contributed by atoms with Crippen molar-refractivity contribution < 1.29 is 19.3 Å². The summed E-state index contributed by atoms with van der Waals surface area (Å²) in [5.74, 6) is 0.154. The van der Waals surface area contributed by atoms with E-state index in [2.05, 4.69) is 0 Å². The van der Waals surface area contributed by atoms with Crippen LogP contribution in [0.3, 0.4) is 0 Å². The van der Waals surface area contributed by atoms with Crippen LogP contribution in [0.15, 0.2) is 54.9 Å². The highest BCUT2D eigenvalue weighted by Crippen LogP contribution is 2.19. The zero-order valence-corrected chi connectivity index (χ0v) is 10.6. The predicted octanol–water partition coefficient (Wildman–Crippen LogP) is 1.41. The maximum absolute atomic E-state index is 11.9. The van der Waals surface area contributed by atoms with Crippen LogP contribution in [0.2, 0.25) is 0 Å². The second-order valence-electron chi connectivity index (χ2n) is 3.95. The Balaban J connectivity index is 2.10. The molecule has 1 aromatic carbocycles. The van der Waals surface area contributed by atoms with Crippen LogP contribution in [0, 0.1) is 0 Å². The summed E-state index contributed by atoms with van der Waals surface area (Å²) in [7, 11) is 1.53. The number of methoxy groups -OCH3 is 1. The molecule has 1 N–H and O–H groups in total. The Morgan fingerprint density at radius 2 is 2.00 bits per heavy atom. The second kappa shape index (κ2) is 5.97. The van der Waals surface area contributed by atoms with Gasteiger partial charge >= 0.3 is 5.91 Å². The third-order valence-corrected chi connectivity index (χ3v) is 2.63. The summed E-state index contributed by atoms with van der Waals surface area (Å²) in [5.41, 5.74) is 0.376. The number of aromatic nitrogens is 1. The molecule has 5 heteroatoms. The zero-order chi connectivity index (χ0) is 13.7. The van der Waals surface area contributed by atoms with E-state index in [9.17, 15) is 10.0 Å². The van der Waals surface area contributed by atoms with Crippen LogP contribution in [0.25, 0.3) is 0 Å². The number of carbonyl (C=O) groups excluding carboxylic acids is 1. The van der Waals surface area contributed by atoms with Gasteiger partial charge in [-0.05, 0) is 12.1 Å². The molecule has 0 saturated heterocycles. The molecule has 0 spiro atoms. The second-order valence-corrected chi connectivity index (χ2v) is 3.95. The first-order valence-electron chi connectivity index (χ1n) is 5.80. The van der Waals surface area contributed by atoms with Crippen molar-refractivity contribution in [2.75, 3.05) is 12.2 Å². The van der Waals surface area contributed by atoms with E-state index >= 15 is 0 Å². The molecule has 0 aliphatic carbocycles. The molecular formula is C14H15N2O3+. The highest BCUT2D eigenvalue weighted by atomic mass is 16.5. The summed E-state index contributed by atoms with van der Waals surface area (Å²) >= 11 is 0. The van der Waals surface area contributed by atoms with Gasteiger partial charge in [-0.15, -0.1) is 0 Å². The summed E-state index contributed by atoms with van der Waals surface area (Å²) in [6.07, 6.45) is 3.52. The number of ether oxygens (including phenoxy) is 1. The third kappa shape index (κ3) is 3.29. The Bertz CT molecular complexity index is 558. The number of nitrogens with zero attached hydrogens (tertiary/aromatic N) is 2. The SMILES string of the molecule is COc1cccc(N(O)C(=O)C[n+]2ccccc2)c1. The fourth-order valence-electron chi connectivity index (χ4n) is 1.65. The number of amides is 1. The monoisotopic (exact) mass is 259 g/mol. The van der Waals surface area contributed by atoms with E-state index in [1.54, 1.807) is 41.2 Å². The zero-order valence-electron chi connectivity index (χ0n) is 10.6. The van der Waals surface area contributed by atoms with Gasteiger partial charge in [0, 0.05) is 18.2 Å². The molecule has 0 aliphatic rings. The van der Waals surface area contributed by atoms with Crippen LogP contribution in [-0.2, 0) is 11.3 Å². The van der Waals surface area contributed by atoms with E-state index in [-0.39, 0.29) is 6.54 Å². The molecule has 0 saturated carbocycles. The Labute approximate surface area is 111 Å². The number of pyridine rings is 1. The molecule has 0 atom stereocenters. The quantitative estimate of drug-likeness (QED) is 0.513. The van der Waals surface area contributed by atoms with E-state index in [1.807, 2.05) is 18.2 Å². The molecule has 0 aliphatic heterocycles. The average Bonchev–Trinajstić information content (AvgIpc) is 2.47. The fourth-order valence-corrected chi connectivity index (χ4v) is 1.65. The highest BCUT2D eigenvalue weighted by Gasteiger charge is 2.18. The number of hydroxylamine groups is 1. The van der Waals surface area contributed by atoms with Crippen molar-refractivity contribution in [2.24, 2.45) is 0 Å². The van der Waals surface area contributed by atoms with Gasteiger partial charge in [0.05, 0.1) is 12.8 Å². The lowest BCUT2D eigenvalue weighted by atomic mass is 10.3. The molecule has 1 amide bonds. The molecule has 0 bridgehead atoms. The van der Waals surface area contributed by atoms with Gasteiger partial charge in [-0.2, -0.15) is 9.63 Å². The molecule has 1 heterocycles. The Hall–Kier alpha value is -2.40. The Kier molecular flexibility index (Phi) is 4.10. The summed E-state index contributed by atoms with van der Waals surface area (Å²) in [6.45, 7) is 0.0640. The van der Waals surface area contributed by atoms with Gasteiger partial charge in [0.2, 0.25) is 6.54 Å². The molecule has 0 radical (unpaired) electrons. The number of hydrogen-bond acceptors (Lipinski definition) is 3. The lowest BCUT2D eigenvalue weighted by Gasteiger charge is -2.13. The molecule has 5 nitrogen and oxygen atoms in total. The maximum atomic E-state index is 11.9. The molecule has 2 aromatic rings. The number of benzene rings is 1. The average molecular weight is 259 g/mol. The van der Waals surface area contributed by atoms with Gasteiger partial charge < -0.3 is 4.74 Å². The van der Waals surface area contributed by atoms with Crippen LogP contribution in [0.1, 0.15) is 0 Å². The van der Waals surface area contributed by atoms with Crippen LogP contribution in [0.4, 0.5) is 5.69 Å². The first kappa shape index (κ1) is 13.0. The Morgan fingerprint density at radius 3 is 2.68 bits per heavy atom. The molecule has 2 rings (SSSR count). The van der Waals surface area contributed by atoms with E-state index in [4.69, 9.17) is 4.74 Å². The summed E-state index contributed by atoms with van der Waals surface area (Å²) < 4.78 is 6.73. The first-order chi connectivity index (χ1) is 9.20. The number of anilines is 1. The number of carbonyl (C=O) groups is 1. The minimum Gasteiger partial charge on any atom is -0.497 e. The minimum atomic E-state index is -0.426. The smallest absolute Gasteiger partial charge is 0.316 e. The van der Waals surface area contributed by atoms with Crippen molar-refractivity contribution in [3.05, 3.63) is 54.9 Å². The van der Waals surface area contributed by atoms with E-state index in [1.165, 1.54) is 7.11 Å². The van der Waals surface area contributed by atoms with Gasteiger partial charge in [-0.3, -0.25) is 10.0 Å². The molecule has 98 valence electrons. The van der Waals surface area contributed by atoms with Crippen molar-refractivity contribution in [3.8, 4) is 5.75 Å². The lowest BCUT2D eigenvalue weighted by Crippen LogP contribution is -2.43. The number of rotatable bonds is 4. The standard InChI is InChI=1S/C14H15N2O3/c1-19-13-7-5-6-12(10-13)16(18)14(17)11-15-8-3-2-4-9-15/h2-10,18H,11H2,1H3/q+1. The van der Waals surface area contributed by atoms with Crippen LogP contribution in [-0.4, -0.2) is 18.2 Å². The maximum Gasteiger partial charge on any atom is 0.316 e. The van der Waals surface area contributed by atoms with Gasteiger partial charge in [0.1, 0.15) is 5.75 Å². The van der Waals surface area contributed by atoms with Crippen LogP contribution < -0.4 is 14.4 Å². The van der Waals surface area contributed by atoms with Crippen molar-refractivity contribution in [2.45, 2.75) is 6.54 Å². The van der Waals surface area contributed by atoms with E-state index in [0.29, 0.717) is 16.5 Å². The lowest BCUT2D eigenvalue weighted by molar-refractivity contribution is -0.684. The molecular weight excluding hydrogens is 244 g/mol. The highest BCUT2D eigenvalue weighted by molar-refractivity contribution is 5.90. The van der Waals surface area contributed by atoms with Gasteiger partial charge in [-0.25, -0.2) is 0 Å². The Morgan fingerprint density at radius 1 is 1.26 bits per heavy atom. The largest absolute Gasteiger partial charge is 0.497 e. The van der Waals surface area contributed by atoms with Crippen molar-refractivity contribution in [3.63, 3.8) is 0 Å². The molecule has 1 aromatic heterocycles. The van der Waals surface area contributed by atoms with Crippen molar-refractivity contribution >= 4 is 11.6 Å². The topological polar surface area (TPSA) is 53.7 Å². The molecule has 0 fully saturated rings. The normalized spacial score (nSPS) is 10.0. The minimum absolute atomic E-state index is 0.0640. The van der Waals surface area contributed by atoms with Crippen LogP contribution >= 0.6 is 0 Å². The van der Waals surface area contributed by atoms with Crippen molar-refractivity contribution in [1.82, 2.24) is 0 Å². The fraction of sp³-hybridized carbons (Fsp3) is 0.143. The van der Waals surface area contributed by atoms with E-state index in [0.717, 1.165) is 0 Å². The van der Waals surface area contributed by atoms with Crippen LogP contribution in [0.5, 0.6) is 5.75 Å². The van der Waals surface area contributed by atoms with E-state index < -0.39 is 5.91 Å². The summed E-state index contributed by atoms with van der Waals surface area (Å²) in [4.78, 5) is 11.9. The van der Waals surface area contributed by atoms with Gasteiger partial charge in [0.15, 0.2) is 12.4 Å². The predicted molar refractivity (Wildman–Crippen MR) is 68.9 cm³/mol. The molecule has 19 heavy (non-hydrogen) atoms.